The smallest absolute Gasteiger partial charge is 0.248 e. The summed E-state index contributed by atoms with van der Waals surface area (Å²) in [6.45, 7) is 2.08. The molecule has 0 unspecified atom stereocenters. The van der Waals surface area contributed by atoms with Gasteiger partial charge in [-0.2, -0.15) is 0 Å². The fourth-order valence-corrected chi connectivity index (χ4v) is 6.46. The molecule has 6 rings (SSSR count). The molecule has 0 aliphatic heterocycles. The normalized spacial score (nSPS) is 30.7. The molecule has 4 fully saturated rings. The molecule has 0 radical (unpaired) electrons. The number of hydrogen-bond acceptors (Lipinski definition) is 1. The molecule has 4 saturated carbocycles. The molecule has 4 aliphatic rings. The molecule has 4 aliphatic carbocycles. The maximum atomic E-state index is 12.5. The molecule has 2 aromatic rings. The first-order valence-electron chi connectivity index (χ1n) is 10.7. The van der Waals surface area contributed by atoms with E-state index in [1.807, 2.05) is 36.4 Å². The third-order valence-corrected chi connectivity index (χ3v) is 7.37. The van der Waals surface area contributed by atoms with Crippen molar-refractivity contribution in [2.75, 3.05) is 5.32 Å². The zero-order valence-electron chi connectivity index (χ0n) is 16.7. The van der Waals surface area contributed by atoms with Crippen molar-refractivity contribution in [3.63, 3.8) is 0 Å². The summed E-state index contributed by atoms with van der Waals surface area (Å²) in [5, 5.41) is 3.13. The molecule has 144 valence electrons. The highest BCUT2D eigenvalue weighted by Gasteiger charge is 2.51. The number of carbonyl (C=O) groups is 1. The quantitative estimate of drug-likeness (QED) is 0.645. The molecular formula is C26H29NO. The van der Waals surface area contributed by atoms with E-state index in [4.69, 9.17) is 0 Å². The topological polar surface area (TPSA) is 29.1 Å². The van der Waals surface area contributed by atoms with Crippen molar-refractivity contribution in [2.45, 2.75) is 50.9 Å². The van der Waals surface area contributed by atoms with Crippen LogP contribution in [-0.2, 0) is 10.2 Å². The number of amides is 1. The second-order valence-electron chi connectivity index (χ2n) is 9.46. The SMILES string of the molecule is Cc1ccc(C23CC4CC(CC(C4)C2)C3)cc1NC(=O)C=Cc1ccccc1. The molecule has 0 aromatic heterocycles. The minimum atomic E-state index is -0.0605. The second kappa shape index (κ2) is 6.92. The van der Waals surface area contributed by atoms with Crippen LogP contribution in [0.2, 0.25) is 0 Å². The van der Waals surface area contributed by atoms with Crippen LogP contribution in [0.3, 0.4) is 0 Å². The lowest BCUT2D eigenvalue weighted by Gasteiger charge is -2.57. The zero-order valence-corrected chi connectivity index (χ0v) is 16.7. The van der Waals surface area contributed by atoms with Gasteiger partial charge in [0.2, 0.25) is 5.91 Å². The van der Waals surface area contributed by atoms with Crippen LogP contribution < -0.4 is 5.32 Å². The van der Waals surface area contributed by atoms with Crippen LogP contribution in [0.4, 0.5) is 5.69 Å². The van der Waals surface area contributed by atoms with Gasteiger partial charge in [0.05, 0.1) is 0 Å². The second-order valence-corrected chi connectivity index (χ2v) is 9.46. The van der Waals surface area contributed by atoms with E-state index < -0.39 is 0 Å². The molecule has 4 bridgehead atoms. The number of anilines is 1. The van der Waals surface area contributed by atoms with Crippen LogP contribution in [0.15, 0.2) is 54.6 Å². The molecule has 0 spiro atoms. The average Bonchev–Trinajstić information content (AvgIpc) is 2.68. The van der Waals surface area contributed by atoms with Crippen LogP contribution in [0.25, 0.3) is 6.08 Å². The Bertz CT molecular complexity index is 876. The fraction of sp³-hybridized carbons (Fsp3) is 0.423. The third-order valence-electron chi connectivity index (χ3n) is 7.37. The molecule has 28 heavy (non-hydrogen) atoms. The highest BCUT2D eigenvalue weighted by molar-refractivity contribution is 6.02. The monoisotopic (exact) mass is 371 g/mol. The van der Waals surface area contributed by atoms with Crippen molar-refractivity contribution in [2.24, 2.45) is 17.8 Å². The van der Waals surface area contributed by atoms with Gasteiger partial charge in [-0.05, 0) is 97.5 Å². The van der Waals surface area contributed by atoms with Crippen molar-refractivity contribution in [1.82, 2.24) is 0 Å². The molecule has 2 nitrogen and oxygen atoms in total. The van der Waals surface area contributed by atoms with Crippen molar-refractivity contribution < 1.29 is 4.79 Å². The molecule has 1 amide bonds. The lowest BCUT2D eigenvalue weighted by molar-refractivity contribution is -0.111. The Kier molecular flexibility index (Phi) is 4.38. The van der Waals surface area contributed by atoms with E-state index in [-0.39, 0.29) is 5.91 Å². The molecule has 2 heteroatoms. The summed E-state index contributed by atoms with van der Waals surface area (Å²) in [4.78, 5) is 12.5. The summed E-state index contributed by atoms with van der Waals surface area (Å²) in [6.07, 6.45) is 11.9. The predicted molar refractivity (Wildman–Crippen MR) is 115 cm³/mol. The number of aryl methyl sites for hydroxylation is 1. The standard InChI is InChI=1S/C26H29NO/c1-18-7-9-23(26-15-20-11-21(16-26)13-22(12-20)17-26)14-24(18)27-25(28)10-8-19-5-3-2-4-6-19/h2-10,14,20-22H,11-13,15-17H2,1H3,(H,27,28). The van der Waals surface area contributed by atoms with E-state index in [1.165, 1.54) is 44.1 Å². The average molecular weight is 372 g/mol. The van der Waals surface area contributed by atoms with E-state index >= 15 is 0 Å². The largest absolute Gasteiger partial charge is 0.322 e. The predicted octanol–water partition coefficient (Wildman–Crippen LogP) is 6.11. The molecule has 0 saturated heterocycles. The van der Waals surface area contributed by atoms with Gasteiger partial charge in [-0.25, -0.2) is 0 Å². The van der Waals surface area contributed by atoms with Gasteiger partial charge in [0.15, 0.2) is 0 Å². The Morgan fingerprint density at radius 3 is 2.25 bits per heavy atom. The summed E-state index contributed by atoms with van der Waals surface area (Å²) >= 11 is 0. The Labute approximate surface area is 168 Å². The Hall–Kier alpha value is -2.35. The number of carbonyl (C=O) groups excluding carboxylic acids is 1. The molecule has 2 aromatic carbocycles. The van der Waals surface area contributed by atoms with Crippen LogP contribution in [-0.4, -0.2) is 5.91 Å². The Morgan fingerprint density at radius 2 is 1.61 bits per heavy atom. The van der Waals surface area contributed by atoms with Gasteiger partial charge < -0.3 is 5.32 Å². The number of nitrogens with one attached hydrogen (secondary N) is 1. The van der Waals surface area contributed by atoms with Gasteiger partial charge >= 0.3 is 0 Å². The summed E-state index contributed by atoms with van der Waals surface area (Å²) < 4.78 is 0. The summed E-state index contributed by atoms with van der Waals surface area (Å²) in [5.74, 6) is 2.73. The van der Waals surface area contributed by atoms with Gasteiger partial charge in [-0.15, -0.1) is 0 Å². The van der Waals surface area contributed by atoms with Crippen molar-refractivity contribution in [3.8, 4) is 0 Å². The van der Waals surface area contributed by atoms with Crippen LogP contribution >= 0.6 is 0 Å². The minimum Gasteiger partial charge on any atom is -0.322 e. The molecule has 1 N–H and O–H groups in total. The minimum absolute atomic E-state index is 0.0605. The maximum absolute atomic E-state index is 12.5. The number of rotatable bonds is 4. The molecule has 0 heterocycles. The van der Waals surface area contributed by atoms with Crippen molar-refractivity contribution >= 4 is 17.7 Å². The summed E-state index contributed by atoms with van der Waals surface area (Å²) in [7, 11) is 0. The van der Waals surface area contributed by atoms with Gasteiger partial charge in [0.1, 0.15) is 0 Å². The first-order chi connectivity index (χ1) is 13.6. The van der Waals surface area contributed by atoms with Crippen LogP contribution in [0, 0.1) is 24.7 Å². The third kappa shape index (κ3) is 3.30. The first-order valence-corrected chi connectivity index (χ1v) is 10.7. The van der Waals surface area contributed by atoms with Crippen LogP contribution in [0.5, 0.6) is 0 Å². The lowest BCUT2D eigenvalue weighted by atomic mass is 9.48. The van der Waals surface area contributed by atoms with E-state index in [0.29, 0.717) is 5.41 Å². The van der Waals surface area contributed by atoms with Crippen molar-refractivity contribution in [1.29, 1.82) is 0 Å². The van der Waals surface area contributed by atoms with Crippen LogP contribution in [0.1, 0.15) is 55.2 Å². The Balaban J connectivity index is 1.36. The zero-order chi connectivity index (χ0) is 19.1. The number of hydrogen-bond donors (Lipinski definition) is 1. The van der Waals surface area contributed by atoms with E-state index in [0.717, 1.165) is 34.6 Å². The maximum Gasteiger partial charge on any atom is 0.248 e. The van der Waals surface area contributed by atoms with E-state index in [2.05, 4.69) is 30.4 Å². The summed E-state index contributed by atoms with van der Waals surface area (Å²) in [5.41, 5.74) is 4.96. The van der Waals surface area contributed by atoms with Crippen molar-refractivity contribution in [3.05, 3.63) is 71.3 Å². The van der Waals surface area contributed by atoms with Gasteiger partial charge in [0, 0.05) is 11.8 Å². The lowest BCUT2D eigenvalue weighted by Crippen LogP contribution is -2.48. The highest BCUT2D eigenvalue weighted by atomic mass is 16.1. The highest BCUT2D eigenvalue weighted by Crippen LogP contribution is 2.60. The Morgan fingerprint density at radius 1 is 0.964 bits per heavy atom. The fourth-order valence-electron chi connectivity index (χ4n) is 6.46. The summed E-state index contributed by atoms with van der Waals surface area (Å²) in [6, 6.07) is 16.8. The van der Waals surface area contributed by atoms with E-state index in [1.54, 1.807) is 6.08 Å². The van der Waals surface area contributed by atoms with E-state index in [9.17, 15) is 4.79 Å². The molecular weight excluding hydrogens is 342 g/mol. The van der Waals surface area contributed by atoms with Gasteiger partial charge in [-0.3, -0.25) is 4.79 Å². The molecule has 0 atom stereocenters. The van der Waals surface area contributed by atoms with Gasteiger partial charge in [0.25, 0.3) is 0 Å². The first kappa shape index (κ1) is 17.7. The van der Waals surface area contributed by atoms with Gasteiger partial charge in [-0.1, -0.05) is 42.5 Å². The number of benzene rings is 2.